The van der Waals surface area contributed by atoms with Gasteiger partial charge in [0.15, 0.2) is 0 Å². The fourth-order valence-corrected chi connectivity index (χ4v) is 5.50. The number of aryl methyl sites for hydroxylation is 2. The summed E-state index contributed by atoms with van der Waals surface area (Å²) in [5.41, 5.74) is 18.4. The van der Waals surface area contributed by atoms with Crippen molar-refractivity contribution in [3.05, 3.63) is 107 Å². The van der Waals surface area contributed by atoms with Gasteiger partial charge in [-0.2, -0.15) is 0 Å². The second-order valence-corrected chi connectivity index (χ2v) is 9.90. The van der Waals surface area contributed by atoms with Crippen LogP contribution < -0.4 is 11.1 Å². The number of urea groups is 1. The van der Waals surface area contributed by atoms with Crippen molar-refractivity contribution in [3.8, 4) is 22.3 Å². The van der Waals surface area contributed by atoms with E-state index in [2.05, 4.69) is 78.1 Å². The second kappa shape index (κ2) is 9.54. The Morgan fingerprint density at radius 1 is 0.750 bits per heavy atom. The van der Waals surface area contributed by atoms with Gasteiger partial charge in [0, 0.05) is 36.4 Å². The molecule has 1 aliphatic carbocycles. The van der Waals surface area contributed by atoms with Gasteiger partial charge in [-0.05, 0) is 76.8 Å². The van der Waals surface area contributed by atoms with Crippen LogP contribution in [0.5, 0.6) is 0 Å². The zero-order valence-corrected chi connectivity index (χ0v) is 20.5. The molecule has 4 aromatic carbocycles. The third-order valence-electron chi connectivity index (χ3n) is 7.60. The van der Waals surface area contributed by atoms with Gasteiger partial charge in [-0.1, -0.05) is 72.8 Å². The first kappa shape index (κ1) is 22.4. The highest BCUT2D eigenvalue weighted by molar-refractivity contribution is 5.90. The highest BCUT2D eigenvalue weighted by Gasteiger charge is 2.22. The fraction of sp³-hybridized carbons (Fsp3) is 0.219. The van der Waals surface area contributed by atoms with Crippen LogP contribution >= 0.6 is 0 Å². The van der Waals surface area contributed by atoms with Gasteiger partial charge in [0.1, 0.15) is 0 Å². The lowest BCUT2D eigenvalue weighted by atomic mass is 9.95. The molecule has 36 heavy (non-hydrogen) atoms. The van der Waals surface area contributed by atoms with Crippen LogP contribution in [-0.4, -0.2) is 24.0 Å². The van der Waals surface area contributed by atoms with Crippen LogP contribution in [0.1, 0.15) is 35.1 Å². The molecule has 180 valence electrons. The molecule has 4 nitrogen and oxygen atoms in total. The van der Waals surface area contributed by atoms with E-state index in [-0.39, 0.29) is 6.03 Å². The number of nitrogens with two attached hydrogens (primary N) is 1. The monoisotopic (exact) mass is 473 g/mol. The average Bonchev–Trinajstić information content (AvgIpc) is 3.58. The lowest BCUT2D eigenvalue weighted by Gasteiger charge is -2.16. The zero-order valence-electron chi connectivity index (χ0n) is 20.5. The molecule has 0 bridgehead atoms. The van der Waals surface area contributed by atoms with Crippen molar-refractivity contribution in [3.63, 3.8) is 0 Å². The molecule has 4 heteroatoms. The van der Waals surface area contributed by atoms with Crippen LogP contribution in [0.15, 0.2) is 84.9 Å². The third-order valence-corrected chi connectivity index (χ3v) is 7.60. The minimum Gasteiger partial charge on any atom is -0.398 e. The molecule has 6 rings (SSSR count). The normalized spacial score (nSPS) is 13.9. The second-order valence-electron chi connectivity index (χ2n) is 9.90. The van der Waals surface area contributed by atoms with Crippen molar-refractivity contribution >= 4 is 17.4 Å². The highest BCUT2D eigenvalue weighted by Crippen LogP contribution is 2.43. The molecule has 1 heterocycles. The van der Waals surface area contributed by atoms with Crippen LogP contribution in [0.3, 0.4) is 0 Å². The topological polar surface area (TPSA) is 58.4 Å². The molecule has 0 saturated carbocycles. The van der Waals surface area contributed by atoms with Gasteiger partial charge in [-0.25, -0.2) is 4.79 Å². The number of fused-ring (bicyclic) bond motifs is 3. The van der Waals surface area contributed by atoms with Crippen LogP contribution in [-0.2, 0) is 19.3 Å². The van der Waals surface area contributed by atoms with Gasteiger partial charge in [-0.15, -0.1) is 0 Å². The fourth-order valence-electron chi connectivity index (χ4n) is 5.50. The largest absolute Gasteiger partial charge is 0.398 e. The Bertz CT molecular complexity index is 1400. The summed E-state index contributed by atoms with van der Waals surface area (Å²) < 4.78 is 0. The number of carbonyl (C=O) groups is 1. The Morgan fingerprint density at radius 3 is 2.11 bits per heavy atom. The average molecular weight is 474 g/mol. The summed E-state index contributed by atoms with van der Waals surface area (Å²) in [7, 11) is 0. The summed E-state index contributed by atoms with van der Waals surface area (Å²) >= 11 is 0. The van der Waals surface area contributed by atoms with Crippen molar-refractivity contribution in [2.75, 3.05) is 24.1 Å². The third kappa shape index (κ3) is 4.35. The van der Waals surface area contributed by atoms with Gasteiger partial charge < -0.3 is 16.0 Å². The smallest absolute Gasteiger partial charge is 0.321 e. The van der Waals surface area contributed by atoms with Gasteiger partial charge in [0.2, 0.25) is 0 Å². The van der Waals surface area contributed by atoms with Crippen molar-refractivity contribution < 1.29 is 4.79 Å². The molecular weight excluding hydrogens is 442 g/mol. The van der Waals surface area contributed by atoms with Gasteiger partial charge in [0.25, 0.3) is 0 Å². The summed E-state index contributed by atoms with van der Waals surface area (Å²) in [4.78, 5) is 14.2. The van der Waals surface area contributed by atoms with Crippen LogP contribution in [0.25, 0.3) is 22.3 Å². The Kier molecular flexibility index (Phi) is 5.94. The number of carbonyl (C=O) groups excluding carboxylic acids is 1. The molecular formula is C32H31N3O. The van der Waals surface area contributed by atoms with Gasteiger partial charge in [-0.3, -0.25) is 0 Å². The summed E-state index contributed by atoms with van der Waals surface area (Å²) in [6.07, 6.45) is 5.03. The maximum absolute atomic E-state index is 12.3. The first-order valence-corrected chi connectivity index (χ1v) is 12.9. The molecule has 0 atom stereocenters. The Labute approximate surface area is 212 Å². The summed E-state index contributed by atoms with van der Waals surface area (Å²) in [5.74, 6) is 0. The quantitative estimate of drug-likeness (QED) is 0.272. The number of anilines is 2. The summed E-state index contributed by atoms with van der Waals surface area (Å²) in [5, 5.41) is 3.01. The van der Waals surface area contributed by atoms with E-state index in [1.165, 1.54) is 33.4 Å². The molecule has 0 unspecified atom stereocenters. The molecule has 0 aromatic heterocycles. The van der Waals surface area contributed by atoms with Crippen molar-refractivity contribution in [2.24, 2.45) is 0 Å². The molecule has 0 radical (unpaired) electrons. The minimum absolute atomic E-state index is 0.00823. The minimum atomic E-state index is 0.00823. The Hall–Kier alpha value is -4.05. The van der Waals surface area contributed by atoms with E-state index in [0.717, 1.165) is 67.7 Å². The van der Waals surface area contributed by atoms with Crippen LogP contribution in [0.4, 0.5) is 16.2 Å². The molecule has 2 amide bonds. The number of amides is 2. The van der Waals surface area contributed by atoms with E-state index < -0.39 is 0 Å². The van der Waals surface area contributed by atoms with E-state index >= 15 is 0 Å². The van der Waals surface area contributed by atoms with E-state index in [9.17, 15) is 4.79 Å². The Balaban J connectivity index is 1.09. The molecule has 2 aliphatic rings. The molecule has 1 saturated heterocycles. The standard InChI is InChI=1S/C32H31N3O/c33-31-28(17-18-29-27-6-2-1-5-25(27)21-30(29)31)24-13-9-22(10-14-24)7-8-23-11-15-26(16-12-23)34-32(36)35-19-3-4-20-35/h1-2,5-6,9-18H,3-4,7-8,19-21,33H2,(H,34,36). The number of nitrogens with zero attached hydrogens (tertiary/aromatic N) is 1. The Morgan fingerprint density at radius 2 is 1.39 bits per heavy atom. The van der Waals surface area contributed by atoms with E-state index in [1.54, 1.807) is 0 Å². The van der Waals surface area contributed by atoms with Crippen molar-refractivity contribution in [1.29, 1.82) is 0 Å². The van der Waals surface area contributed by atoms with Crippen LogP contribution in [0, 0.1) is 0 Å². The molecule has 1 aliphatic heterocycles. The number of hydrogen-bond donors (Lipinski definition) is 2. The van der Waals surface area contributed by atoms with Crippen molar-refractivity contribution in [2.45, 2.75) is 32.1 Å². The van der Waals surface area contributed by atoms with Crippen LogP contribution in [0.2, 0.25) is 0 Å². The van der Waals surface area contributed by atoms with E-state index in [4.69, 9.17) is 5.73 Å². The molecule has 4 aromatic rings. The van der Waals surface area contributed by atoms with Crippen molar-refractivity contribution in [1.82, 2.24) is 4.90 Å². The number of benzene rings is 4. The first-order chi connectivity index (χ1) is 17.7. The number of hydrogen-bond acceptors (Lipinski definition) is 2. The maximum atomic E-state index is 12.3. The van der Waals surface area contributed by atoms with E-state index in [0.29, 0.717) is 0 Å². The molecule has 1 fully saturated rings. The number of nitrogens with one attached hydrogen (secondary N) is 1. The van der Waals surface area contributed by atoms with Gasteiger partial charge in [0.05, 0.1) is 0 Å². The zero-order chi connectivity index (χ0) is 24.5. The predicted octanol–water partition coefficient (Wildman–Crippen LogP) is 6.92. The first-order valence-electron chi connectivity index (χ1n) is 12.9. The van der Waals surface area contributed by atoms with E-state index in [1.807, 2.05) is 17.0 Å². The SMILES string of the molecule is Nc1c(-c2ccc(CCc3ccc(NC(=O)N4CCCC4)cc3)cc2)ccc2c1Cc1ccccc1-2. The maximum Gasteiger partial charge on any atom is 0.321 e. The van der Waals surface area contributed by atoms with Gasteiger partial charge >= 0.3 is 6.03 Å². The summed E-state index contributed by atoms with van der Waals surface area (Å²) in [6.45, 7) is 1.71. The number of nitrogen functional groups attached to an aromatic ring is 1. The number of likely N-dealkylation sites (tertiary alicyclic amines) is 1. The highest BCUT2D eigenvalue weighted by atomic mass is 16.2. The number of rotatable bonds is 5. The molecule has 0 spiro atoms. The molecule has 3 N–H and O–H groups in total. The lowest BCUT2D eigenvalue weighted by Crippen LogP contribution is -2.32. The summed E-state index contributed by atoms with van der Waals surface area (Å²) in [6, 6.07) is 30.0. The lowest BCUT2D eigenvalue weighted by molar-refractivity contribution is 0.222. The predicted molar refractivity (Wildman–Crippen MR) is 148 cm³/mol.